The van der Waals surface area contributed by atoms with Crippen LogP contribution in [0, 0.1) is 0 Å². The molecule has 0 saturated heterocycles. The molecule has 34 heavy (non-hydrogen) atoms. The minimum Gasteiger partial charge on any atom is -0.487 e. The monoisotopic (exact) mass is 479 g/mol. The molecule has 8 heteroatoms. The first-order valence-electron chi connectivity index (χ1n) is 11.0. The second-order valence-corrected chi connectivity index (χ2v) is 9.78. The number of amides is 1. The molecule has 0 bridgehead atoms. The normalized spacial score (nSPS) is 11.6. The fourth-order valence-corrected chi connectivity index (χ4v) is 4.70. The molecule has 0 spiro atoms. The maximum Gasteiger partial charge on any atom is 0.244 e. The number of nitrogens with zero attached hydrogens (tertiary/aromatic N) is 1. The zero-order valence-corrected chi connectivity index (χ0v) is 20.1. The van der Waals surface area contributed by atoms with E-state index in [0.717, 1.165) is 16.8 Å². The molecule has 0 aliphatic heterocycles. The maximum absolute atomic E-state index is 12.3. The fraction of sp³-hybridized carbons (Fsp3) is 0.231. The van der Waals surface area contributed by atoms with Gasteiger partial charge in [-0.25, -0.2) is 13.1 Å². The Morgan fingerprint density at radius 1 is 1.00 bits per heavy atom. The molecular formula is C26H29N3O4S. The average molecular weight is 480 g/mol. The van der Waals surface area contributed by atoms with Crippen LogP contribution in [0.2, 0.25) is 0 Å². The number of pyridine rings is 1. The van der Waals surface area contributed by atoms with Gasteiger partial charge >= 0.3 is 0 Å². The molecule has 0 saturated carbocycles. The molecule has 0 atom stereocenters. The van der Waals surface area contributed by atoms with Gasteiger partial charge in [0.15, 0.2) is 0 Å². The third-order valence-electron chi connectivity index (χ3n) is 4.75. The van der Waals surface area contributed by atoms with Gasteiger partial charge in [0.2, 0.25) is 15.9 Å². The minimum atomic E-state index is -3.46. The Kier molecular flexibility index (Phi) is 8.95. The van der Waals surface area contributed by atoms with Crippen molar-refractivity contribution in [2.24, 2.45) is 0 Å². The van der Waals surface area contributed by atoms with Gasteiger partial charge < -0.3 is 10.1 Å². The van der Waals surface area contributed by atoms with E-state index in [4.69, 9.17) is 4.74 Å². The number of aromatic nitrogens is 1. The molecule has 1 amide bonds. The number of nitrogens with one attached hydrogen (secondary N) is 2. The standard InChI is InChI=1S/C26H29N3O4S/c1-20(2)29-34(31,32)19-23-8-4-3-7-22(23)17-28-26(30)15-12-21-10-13-25(14-11-21)33-18-24-9-5-6-16-27-24/h3-16,20,29H,17-19H2,1-2H3,(H,28,30)/b15-12+. The van der Waals surface area contributed by atoms with Crippen molar-refractivity contribution in [3.63, 3.8) is 0 Å². The van der Waals surface area contributed by atoms with Crippen LogP contribution in [0.1, 0.15) is 36.2 Å². The van der Waals surface area contributed by atoms with E-state index < -0.39 is 10.0 Å². The Morgan fingerprint density at radius 2 is 1.71 bits per heavy atom. The van der Waals surface area contributed by atoms with E-state index in [9.17, 15) is 13.2 Å². The van der Waals surface area contributed by atoms with E-state index in [0.29, 0.717) is 17.9 Å². The summed E-state index contributed by atoms with van der Waals surface area (Å²) in [4.78, 5) is 16.5. The molecule has 7 nitrogen and oxygen atoms in total. The quantitative estimate of drug-likeness (QED) is 0.408. The molecule has 0 fully saturated rings. The van der Waals surface area contributed by atoms with Crippen molar-refractivity contribution in [1.82, 2.24) is 15.0 Å². The van der Waals surface area contributed by atoms with E-state index >= 15 is 0 Å². The SMILES string of the molecule is CC(C)NS(=O)(=O)Cc1ccccc1CNC(=O)/C=C/c1ccc(OCc2ccccn2)cc1. The molecule has 3 rings (SSSR count). The van der Waals surface area contributed by atoms with E-state index in [1.807, 2.05) is 54.6 Å². The predicted octanol–water partition coefficient (Wildman–Crippen LogP) is 3.82. The predicted molar refractivity (Wildman–Crippen MR) is 133 cm³/mol. The largest absolute Gasteiger partial charge is 0.487 e. The molecule has 0 aliphatic rings. The number of carbonyl (C=O) groups is 1. The summed E-state index contributed by atoms with van der Waals surface area (Å²) >= 11 is 0. The highest BCUT2D eigenvalue weighted by atomic mass is 32.2. The summed E-state index contributed by atoms with van der Waals surface area (Å²) in [6.07, 6.45) is 4.88. The Balaban J connectivity index is 1.52. The summed E-state index contributed by atoms with van der Waals surface area (Å²) in [6, 6.07) is 20.1. The summed E-state index contributed by atoms with van der Waals surface area (Å²) in [5.41, 5.74) is 3.11. The van der Waals surface area contributed by atoms with Crippen LogP contribution in [-0.2, 0) is 33.7 Å². The van der Waals surface area contributed by atoms with Crippen LogP contribution in [-0.4, -0.2) is 25.4 Å². The van der Waals surface area contributed by atoms with Crippen molar-refractivity contribution in [1.29, 1.82) is 0 Å². The number of benzene rings is 2. The van der Waals surface area contributed by atoms with Gasteiger partial charge in [-0.05, 0) is 60.9 Å². The summed E-state index contributed by atoms with van der Waals surface area (Å²) in [7, 11) is -3.46. The van der Waals surface area contributed by atoms with E-state index in [2.05, 4.69) is 15.0 Å². The van der Waals surface area contributed by atoms with Crippen molar-refractivity contribution < 1.29 is 17.9 Å². The van der Waals surface area contributed by atoms with Crippen molar-refractivity contribution in [2.45, 2.75) is 38.8 Å². The Hall–Kier alpha value is -3.49. The Bertz CT molecular complexity index is 1210. The second-order valence-electron chi connectivity index (χ2n) is 8.03. The number of hydrogen-bond acceptors (Lipinski definition) is 5. The summed E-state index contributed by atoms with van der Waals surface area (Å²) in [5, 5.41) is 2.81. The molecule has 3 aromatic rings. The van der Waals surface area contributed by atoms with Crippen LogP contribution < -0.4 is 14.8 Å². The van der Waals surface area contributed by atoms with Gasteiger partial charge in [-0.15, -0.1) is 0 Å². The summed E-state index contributed by atoms with van der Waals surface area (Å²) in [6.45, 7) is 4.17. The Morgan fingerprint density at radius 3 is 2.38 bits per heavy atom. The highest BCUT2D eigenvalue weighted by molar-refractivity contribution is 7.88. The zero-order chi connectivity index (χ0) is 24.4. The molecule has 2 N–H and O–H groups in total. The second kappa shape index (κ2) is 12.1. The summed E-state index contributed by atoms with van der Waals surface area (Å²) < 4.78 is 32.8. The zero-order valence-electron chi connectivity index (χ0n) is 19.3. The van der Waals surface area contributed by atoms with Gasteiger partial charge in [-0.2, -0.15) is 0 Å². The van der Waals surface area contributed by atoms with Crippen LogP contribution in [0.3, 0.4) is 0 Å². The van der Waals surface area contributed by atoms with Gasteiger partial charge in [0.25, 0.3) is 0 Å². The molecule has 1 aromatic heterocycles. The first-order valence-corrected chi connectivity index (χ1v) is 12.6. The van der Waals surface area contributed by atoms with Crippen molar-refractivity contribution >= 4 is 22.0 Å². The molecule has 178 valence electrons. The van der Waals surface area contributed by atoms with Gasteiger partial charge in [-0.3, -0.25) is 9.78 Å². The van der Waals surface area contributed by atoms with Gasteiger partial charge in [-0.1, -0.05) is 42.5 Å². The molecular weight excluding hydrogens is 450 g/mol. The van der Waals surface area contributed by atoms with Crippen LogP contribution >= 0.6 is 0 Å². The van der Waals surface area contributed by atoms with E-state index in [1.54, 1.807) is 38.3 Å². The average Bonchev–Trinajstić information content (AvgIpc) is 2.81. The molecule has 2 aromatic carbocycles. The number of ether oxygens (including phenoxy) is 1. The number of sulfonamides is 1. The molecule has 1 heterocycles. The van der Waals surface area contributed by atoms with Crippen LogP contribution in [0.5, 0.6) is 5.75 Å². The third-order valence-corrected chi connectivity index (χ3v) is 6.27. The highest BCUT2D eigenvalue weighted by Crippen LogP contribution is 2.15. The maximum atomic E-state index is 12.3. The number of rotatable bonds is 11. The van der Waals surface area contributed by atoms with Crippen LogP contribution in [0.25, 0.3) is 6.08 Å². The third kappa shape index (κ3) is 8.46. The lowest BCUT2D eigenvalue weighted by Crippen LogP contribution is -2.31. The van der Waals surface area contributed by atoms with Gasteiger partial charge in [0.05, 0.1) is 11.4 Å². The highest BCUT2D eigenvalue weighted by Gasteiger charge is 2.15. The number of carbonyl (C=O) groups excluding carboxylic acids is 1. The first kappa shape index (κ1) is 25.1. The first-order chi connectivity index (χ1) is 16.3. The smallest absolute Gasteiger partial charge is 0.244 e. The van der Waals surface area contributed by atoms with Crippen molar-refractivity contribution in [3.8, 4) is 5.75 Å². The van der Waals surface area contributed by atoms with Crippen molar-refractivity contribution in [3.05, 3.63) is 101 Å². The molecule has 0 unspecified atom stereocenters. The lowest BCUT2D eigenvalue weighted by Gasteiger charge is -2.13. The topological polar surface area (TPSA) is 97.4 Å². The van der Waals surface area contributed by atoms with Crippen molar-refractivity contribution in [2.75, 3.05) is 0 Å². The fourth-order valence-electron chi connectivity index (χ4n) is 3.21. The number of hydrogen-bond donors (Lipinski definition) is 2. The molecule has 0 aliphatic carbocycles. The lowest BCUT2D eigenvalue weighted by atomic mass is 10.1. The lowest BCUT2D eigenvalue weighted by molar-refractivity contribution is -0.116. The van der Waals surface area contributed by atoms with E-state index in [-0.39, 0.29) is 24.2 Å². The van der Waals surface area contributed by atoms with Crippen LogP contribution in [0.15, 0.2) is 79.0 Å². The van der Waals surface area contributed by atoms with Gasteiger partial charge in [0.1, 0.15) is 12.4 Å². The minimum absolute atomic E-state index is 0.137. The van der Waals surface area contributed by atoms with Gasteiger partial charge in [0, 0.05) is 24.9 Å². The van der Waals surface area contributed by atoms with Crippen LogP contribution in [0.4, 0.5) is 0 Å². The summed E-state index contributed by atoms with van der Waals surface area (Å²) in [5.74, 6) is 0.307. The molecule has 0 radical (unpaired) electrons. The van der Waals surface area contributed by atoms with E-state index in [1.165, 1.54) is 6.08 Å². The Labute approximate surface area is 200 Å².